The van der Waals surface area contributed by atoms with Crippen molar-refractivity contribution in [3.8, 4) is 17.1 Å². The van der Waals surface area contributed by atoms with Crippen LogP contribution in [0.5, 0.6) is 5.75 Å². The van der Waals surface area contributed by atoms with Gasteiger partial charge in [-0.05, 0) is 37.5 Å². The van der Waals surface area contributed by atoms with Crippen LogP contribution in [0.15, 0.2) is 34.8 Å². The summed E-state index contributed by atoms with van der Waals surface area (Å²) in [4.78, 5) is 16.7. The lowest BCUT2D eigenvalue weighted by Gasteiger charge is -2.15. The number of carbonyl (C=O) groups is 1. The largest absolute Gasteiger partial charge is 0.507 e. The van der Waals surface area contributed by atoms with Gasteiger partial charge in [-0.2, -0.15) is 0 Å². The molecule has 1 aromatic carbocycles. The van der Waals surface area contributed by atoms with E-state index in [0.717, 1.165) is 17.8 Å². The number of phenolic OH excluding ortho intramolecular Hbond substituents is 1. The number of hydrogen-bond donors (Lipinski definition) is 3. The summed E-state index contributed by atoms with van der Waals surface area (Å²) in [6, 6.07) is 1.94. The fourth-order valence-electron chi connectivity index (χ4n) is 3.30. The highest BCUT2D eigenvalue weighted by atomic mass is 35.5. The van der Waals surface area contributed by atoms with E-state index in [0.29, 0.717) is 25.0 Å². The fraction of sp³-hybridized carbons (Fsp3) is 0.300. The highest BCUT2D eigenvalue weighted by Crippen LogP contribution is 2.32. The van der Waals surface area contributed by atoms with Crippen LogP contribution in [0, 0.1) is 5.82 Å². The second-order valence-electron chi connectivity index (χ2n) is 6.57. The molecular formula is C20H20ClF2N3O3. The zero-order chi connectivity index (χ0) is 21.3. The number of allylic oxidation sites excluding steroid dienone is 3. The van der Waals surface area contributed by atoms with Gasteiger partial charge in [0.2, 0.25) is 0 Å². The molecule has 29 heavy (non-hydrogen) atoms. The Morgan fingerprint density at radius 2 is 2.10 bits per heavy atom. The summed E-state index contributed by atoms with van der Waals surface area (Å²) in [6.07, 6.45) is 2.65. The summed E-state index contributed by atoms with van der Waals surface area (Å²) < 4.78 is 30.4. The maximum absolute atomic E-state index is 14.8. The van der Waals surface area contributed by atoms with Gasteiger partial charge in [0.1, 0.15) is 23.2 Å². The highest BCUT2D eigenvalue weighted by Gasteiger charge is 2.23. The topological polar surface area (TPSA) is 87.4 Å². The molecule has 1 aliphatic rings. The van der Waals surface area contributed by atoms with Gasteiger partial charge in [-0.15, -0.1) is 0 Å². The van der Waals surface area contributed by atoms with Gasteiger partial charge in [-0.25, -0.2) is 13.8 Å². The predicted molar refractivity (Wildman–Crippen MR) is 104 cm³/mol. The van der Waals surface area contributed by atoms with E-state index in [1.807, 2.05) is 6.92 Å². The third-order valence-corrected chi connectivity index (χ3v) is 5.17. The Bertz CT molecular complexity index is 1040. The van der Waals surface area contributed by atoms with Crippen molar-refractivity contribution in [2.24, 2.45) is 7.05 Å². The minimum Gasteiger partial charge on any atom is -0.507 e. The number of hydrogen-bond acceptors (Lipinski definition) is 4. The molecule has 9 heteroatoms. The molecule has 0 fully saturated rings. The van der Waals surface area contributed by atoms with Crippen molar-refractivity contribution in [1.82, 2.24) is 14.9 Å². The Balaban J connectivity index is 1.98. The quantitative estimate of drug-likeness (QED) is 0.682. The van der Waals surface area contributed by atoms with Crippen molar-refractivity contribution >= 4 is 17.5 Å². The number of amides is 1. The van der Waals surface area contributed by atoms with Crippen LogP contribution in [0.1, 0.15) is 41.5 Å². The summed E-state index contributed by atoms with van der Waals surface area (Å²) in [5.41, 5.74) is 0.554. The second-order valence-corrected chi connectivity index (χ2v) is 7.03. The normalized spacial score (nSPS) is 14.2. The Hall–Kier alpha value is -2.71. The molecule has 0 saturated carbocycles. The van der Waals surface area contributed by atoms with E-state index in [4.69, 9.17) is 11.6 Å². The van der Waals surface area contributed by atoms with Crippen LogP contribution in [0.3, 0.4) is 0 Å². The van der Waals surface area contributed by atoms with E-state index in [2.05, 4.69) is 10.3 Å². The van der Waals surface area contributed by atoms with Gasteiger partial charge < -0.3 is 20.1 Å². The van der Waals surface area contributed by atoms with Gasteiger partial charge in [-0.1, -0.05) is 18.5 Å². The Labute approximate surface area is 171 Å². The number of aliphatic hydroxyl groups is 1. The molecule has 3 rings (SSSR count). The zero-order valence-corrected chi connectivity index (χ0v) is 16.6. The maximum atomic E-state index is 14.8. The SMILES string of the molecule is CCc1c(CO)nc(-c2cc(O)c(C(=O)NC3=C(Cl)CCC=C3F)cc2F)n1C. The molecule has 0 radical (unpaired) electrons. The number of imidazole rings is 1. The van der Waals surface area contributed by atoms with Gasteiger partial charge in [0.05, 0.1) is 29.1 Å². The van der Waals surface area contributed by atoms with Crippen LogP contribution in [0.4, 0.5) is 8.78 Å². The third kappa shape index (κ3) is 3.90. The average molecular weight is 424 g/mol. The van der Waals surface area contributed by atoms with Crippen LogP contribution in [0.2, 0.25) is 0 Å². The summed E-state index contributed by atoms with van der Waals surface area (Å²) in [6.45, 7) is 1.57. The van der Waals surface area contributed by atoms with Crippen molar-refractivity contribution in [2.75, 3.05) is 0 Å². The molecule has 154 valence electrons. The van der Waals surface area contributed by atoms with Gasteiger partial charge in [0, 0.05) is 17.8 Å². The van der Waals surface area contributed by atoms with Crippen LogP contribution < -0.4 is 5.32 Å². The average Bonchev–Trinajstić information content (AvgIpc) is 3.01. The number of benzene rings is 1. The van der Waals surface area contributed by atoms with Crippen molar-refractivity contribution in [1.29, 1.82) is 0 Å². The molecule has 0 atom stereocenters. The van der Waals surface area contributed by atoms with E-state index in [9.17, 15) is 23.8 Å². The second kappa shape index (κ2) is 8.34. The third-order valence-electron chi connectivity index (χ3n) is 4.79. The van der Waals surface area contributed by atoms with Gasteiger partial charge in [0.15, 0.2) is 0 Å². The Morgan fingerprint density at radius 3 is 2.69 bits per heavy atom. The van der Waals surface area contributed by atoms with Crippen LogP contribution in [-0.2, 0) is 20.1 Å². The van der Waals surface area contributed by atoms with Crippen molar-refractivity contribution in [2.45, 2.75) is 32.8 Å². The monoisotopic (exact) mass is 423 g/mol. The van der Waals surface area contributed by atoms with Crippen molar-refractivity contribution in [3.05, 3.63) is 57.5 Å². The molecule has 2 aromatic rings. The van der Waals surface area contributed by atoms with Gasteiger partial charge >= 0.3 is 0 Å². The van der Waals surface area contributed by atoms with E-state index in [1.54, 1.807) is 11.6 Å². The first kappa shape index (κ1) is 21.0. The molecule has 1 heterocycles. The smallest absolute Gasteiger partial charge is 0.259 e. The van der Waals surface area contributed by atoms with Crippen LogP contribution in [0.25, 0.3) is 11.4 Å². The zero-order valence-electron chi connectivity index (χ0n) is 15.9. The predicted octanol–water partition coefficient (Wildman–Crippen LogP) is 3.81. The number of aromatic nitrogens is 2. The minimum absolute atomic E-state index is 0.0306. The number of nitrogens with zero attached hydrogens (tertiary/aromatic N) is 2. The fourth-order valence-corrected chi connectivity index (χ4v) is 3.55. The number of rotatable bonds is 5. The minimum atomic E-state index is -0.892. The molecule has 1 aromatic heterocycles. The van der Waals surface area contributed by atoms with E-state index in [1.165, 1.54) is 6.08 Å². The molecule has 0 saturated heterocycles. The lowest BCUT2D eigenvalue weighted by Crippen LogP contribution is -2.25. The number of halogens is 3. The number of phenols is 1. The molecular weight excluding hydrogens is 404 g/mol. The van der Waals surface area contributed by atoms with E-state index >= 15 is 0 Å². The molecule has 3 N–H and O–H groups in total. The van der Waals surface area contributed by atoms with Gasteiger partial charge in [-0.3, -0.25) is 4.79 Å². The van der Waals surface area contributed by atoms with E-state index < -0.39 is 23.3 Å². The number of aromatic hydroxyl groups is 1. The van der Waals surface area contributed by atoms with Crippen LogP contribution >= 0.6 is 11.6 Å². The first-order valence-corrected chi connectivity index (χ1v) is 9.40. The van der Waals surface area contributed by atoms with E-state index in [-0.39, 0.29) is 34.3 Å². The summed E-state index contributed by atoms with van der Waals surface area (Å²) in [5.74, 6) is -2.66. The Kier molecular flexibility index (Phi) is 6.04. The Morgan fingerprint density at radius 1 is 1.38 bits per heavy atom. The maximum Gasteiger partial charge on any atom is 0.259 e. The lowest BCUT2D eigenvalue weighted by atomic mass is 10.1. The van der Waals surface area contributed by atoms with Gasteiger partial charge in [0.25, 0.3) is 5.91 Å². The van der Waals surface area contributed by atoms with Crippen molar-refractivity contribution < 1.29 is 23.8 Å². The number of carbonyl (C=O) groups excluding carboxylic acids is 1. The number of nitrogens with one attached hydrogen (secondary N) is 1. The molecule has 6 nitrogen and oxygen atoms in total. The van der Waals surface area contributed by atoms with Crippen molar-refractivity contribution in [3.63, 3.8) is 0 Å². The lowest BCUT2D eigenvalue weighted by molar-refractivity contribution is 0.0961. The molecule has 0 bridgehead atoms. The van der Waals surface area contributed by atoms with Crippen LogP contribution in [-0.4, -0.2) is 25.7 Å². The first-order chi connectivity index (χ1) is 13.8. The summed E-state index contributed by atoms with van der Waals surface area (Å²) in [5, 5.41) is 22.2. The first-order valence-electron chi connectivity index (χ1n) is 9.02. The summed E-state index contributed by atoms with van der Waals surface area (Å²) in [7, 11) is 1.67. The molecule has 0 unspecified atom stereocenters. The molecule has 1 aliphatic carbocycles. The molecule has 0 spiro atoms. The molecule has 0 aliphatic heterocycles. The molecule has 1 amide bonds. The number of aliphatic hydroxyl groups excluding tert-OH is 1. The standard InChI is InChI=1S/C20H20ClF2N3O3/c1-3-16-15(9-27)24-19(26(16)2)10-8-17(28)11(7-14(10)23)20(29)25-18-12(21)5-4-6-13(18)22/h6-8,27-28H,3-5,9H2,1-2H3,(H,25,29). The summed E-state index contributed by atoms with van der Waals surface area (Å²) >= 11 is 5.96. The highest BCUT2D eigenvalue weighted by molar-refractivity contribution is 6.30.